The summed E-state index contributed by atoms with van der Waals surface area (Å²) in [7, 11) is 0. The zero-order valence-corrected chi connectivity index (χ0v) is 12.1. The Kier molecular flexibility index (Phi) is 4.03. The van der Waals surface area contributed by atoms with Crippen molar-refractivity contribution < 1.29 is 4.79 Å². The summed E-state index contributed by atoms with van der Waals surface area (Å²) in [6.45, 7) is 1.86. The second-order valence-electron chi connectivity index (χ2n) is 4.85. The van der Waals surface area contributed by atoms with E-state index >= 15 is 0 Å². The number of amides is 2. The number of halogens is 1. The van der Waals surface area contributed by atoms with Crippen LogP contribution in [-0.4, -0.2) is 17.6 Å². The van der Waals surface area contributed by atoms with Gasteiger partial charge >= 0.3 is 6.03 Å². The fourth-order valence-electron chi connectivity index (χ4n) is 2.28. The molecule has 0 unspecified atom stereocenters. The first-order chi connectivity index (χ1) is 10.2. The van der Waals surface area contributed by atoms with Crippen molar-refractivity contribution in [2.24, 2.45) is 0 Å². The Bertz CT molecular complexity index is 657. The van der Waals surface area contributed by atoms with Gasteiger partial charge in [0.2, 0.25) is 0 Å². The largest absolute Gasteiger partial charge is 0.324 e. The van der Waals surface area contributed by atoms with E-state index in [4.69, 9.17) is 11.6 Å². The first-order valence-electron chi connectivity index (χ1n) is 6.73. The third-order valence-corrected chi connectivity index (χ3v) is 3.54. The number of carbonyl (C=O) groups is 1. The van der Waals surface area contributed by atoms with E-state index in [-0.39, 0.29) is 6.03 Å². The van der Waals surface area contributed by atoms with E-state index in [0.717, 1.165) is 25.2 Å². The molecule has 1 aliphatic heterocycles. The molecule has 2 heterocycles. The Balaban J connectivity index is 1.65. The van der Waals surface area contributed by atoms with Gasteiger partial charge in [0.1, 0.15) is 5.82 Å². The Morgan fingerprint density at radius 2 is 2.10 bits per heavy atom. The van der Waals surface area contributed by atoms with E-state index in [1.165, 1.54) is 17.3 Å². The molecule has 0 atom stereocenters. The van der Waals surface area contributed by atoms with Crippen molar-refractivity contribution in [3.63, 3.8) is 0 Å². The molecule has 0 spiro atoms. The van der Waals surface area contributed by atoms with Gasteiger partial charge in [0.25, 0.3) is 0 Å². The fourth-order valence-corrected chi connectivity index (χ4v) is 2.40. The molecule has 3 rings (SSSR count). The second kappa shape index (κ2) is 6.11. The number of nitrogens with one attached hydrogen (secondary N) is 3. The van der Waals surface area contributed by atoms with Crippen LogP contribution in [-0.2, 0) is 13.0 Å². The minimum atomic E-state index is -0.321. The lowest BCUT2D eigenvalue weighted by Crippen LogP contribution is -2.24. The van der Waals surface area contributed by atoms with Crippen LogP contribution < -0.4 is 16.0 Å². The highest BCUT2D eigenvalue weighted by atomic mass is 35.5. The van der Waals surface area contributed by atoms with Gasteiger partial charge in [-0.25, -0.2) is 9.78 Å². The van der Waals surface area contributed by atoms with Gasteiger partial charge in [0.15, 0.2) is 0 Å². The average Bonchev–Trinajstić information content (AvgIpc) is 2.49. The minimum Gasteiger partial charge on any atom is -0.312 e. The van der Waals surface area contributed by atoms with Crippen LogP contribution in [0, 0.1) is 0 Å². The molecule has 1 aliphatic rings. The van der Waals surface area contributed by atoms with E-state index < -0.39 is 0 Å². The molecule has 0 saturated carbocycles. The SMILES string of the molecule is O=C(Nc1ccc2c(c1)CCNC2)Nc1ccc(Cl)cn1. The predicted molar refractivity (Wildman–Crippen MR) is 83.7 cm³/mol. The molecule has 2 amide bonds. The number of carbonyl (C=O) groups excluding carboxylic acids is 1. The van der Waals surface area contributed by atoms with Crippen LogP contribution >= 0.6 is 11.6 Å². The van der Waals surface area contributed by atoms with Gasteiger partial charge in [-0.1, -0.05) is 17.7 Å². The summed E-state index contributed by atoms with van der Waals surface area (Å²) in [5.74, 6) is 0.457. The smallest absolute Gasteiger partial charge is 0.312 e. The Morgan fingerprint density at radius 1 is 1.19 bits per heavy atom. The molecular weight excluding hydrogens is 288 g/mol. The molecule has 0 aliphatic carbocycles. The molecular formula is C15H15ClN4O. The summed E-state index contributed by atoms with van der Waals surface area (Å²) in [6.07, 6.45) is 2.47. The lowest BCUT2D eigenvalue weighted by Gasteiger charge is -2.18. The summed E-state index contributed by atoms with van der Waals surface area (Å²) in [5, 5.41) is 9.33. The zero-order chi connectivity index (χ0) is 14.7. The van der Waals surface area contributed by atoms with Crippen LogP contribution in [0.2, 0.25) is 5.02 Å². The van der Waals surface area contributed by atoms with Crippen molar-refractivity contribution in [1.29, 1.82) is 0 Å². The molecule has 21 heavy (non-hydrogen) atoms. The van der Waals surface area contributed by atoms with Crippen molar-refractivity contribution in [2.75, 3.05) is 17.2 Å². The quantitative estimate of drug-likeness (QED) is 0.799. The maximum atomic E-state index is 11.9. The molecule has 1 aromatic carbocycles. The summed E-state index contributed by atoms with van der Waals surface area (Å²) in [5.41, 5.74) is 3.34. The molecule has 108 valence electrons. The van der Waals surface area contributed by atoms with Crippen LogP contribution in [0.15, 0.2) is 36.5 Å². The number of anilines is 2. The number of nitrogens with zero attached hydrogens (tertiary/aromatic N) is 1. The summed E-state index contributed by atoms with van der Waals surface area (Å²) >= 11 is 5.75. The number of fused-ring (bicyclic) bond motifs is 1. The molecule has 0 bridgehead atoms. The minimum absolute atomic E-state index is 0.321. The highest BCUT2D eigenvalue weighted by molar-refractivity contribution is 6.30. The Morgan fingerprint density at radius 3 is 2.90 bits per heavy atom. The van der Waals surface area contributed by atoms with Gasteiger partial charge in [0, 0.05) is 18.4 Å². The number of rotatable bonds is 2. The van der Waals surface area contributed by atoms with Crippen molar-refractivity contribution in [3.8, 4) is 0 Å². The molecule has 1 aromatic heterocycles. The number of pyridine rings is 1. The van der Waals surface area contributed by atoms with Gasteiger partial charge in [-0.3, -0.25) is 5.32 Å². The van der Waals surface area contributed by atoms with Crippen LogP contribution in [0.1, 0.15) is 11.1 Å². The van der Waals surface area contributed by atoms with E-state index in [9.17, 15) is 4.79 Å². The summed E-state index contributed by atoms with van der Waals surface area (Å²) in [6, 6.07) is 8.97. The first kappa shape index (κ1) is 13.9. The molecule has 0 fully saturated rings. The Labute approximate surface area is 127 Å². The molecule has 5 nitrogen and oxygen atoms in total. The highest BCUT2D eigenvalue weighted by Gasteiger charge is 2.10. The predicted octanol–water partition coefficient (Wildman–Crippen LogP) is 3.02. The van der Waals surface area contributed by atoms with Crippen molar-refractivity contribution >= 4 is 29.1 Å². The maximum Gasteiger partial charge on any atom is 0.324 e. The fraction of sp³-hybridized carbons (Fsp3) is 0.200. The monoisotopic (exact) mass is 302 g/mol. The maximum absolute atomic E-state index is 11.9. The summed E-state index contributed by atoms with van der Waals surface area (Å²) < 4.78 is 0. The lowest BCUT2D eigenvalue weighted by atomic mass is 10.0. The first-order valence-corrected chi connectivity index (χ1v) is 7.10. The molecule has 2 aromatic rings. The van der Waals surface area contributed by atoms with Gasteiger partial charge in [-0.2, -0.15) is 0 Å². The van der Waals surface area contributed by atoms with E-state index in [1.54, 1.807) is 12.1 Å². The van der Waals surface area contributed by atoms with Gasteiger partial charge < -0.3 is 10.6 Å². The number of hydrogen-bond acceptors (Lipinski definition) is 3. The van der Waals surface area contributed by atoms with Crippen LogP contribution in [0.25, 0.3) is 0 Å². The standard InChI is InChI=1S/C15H15ClN4O/c16-12-2-4-14(18-9-12)20-15(21)19-13-3-1-11-8-17-6-5-10(11)7-13/h1-4,7,9,17H,5-6,8H2,(H2,18,19,20,21). The third kappa shape index (κ3) is 3.51. The molecule has 3 N–H and O–H groups in total. The van der Waals surface area contributed by atoms with Gasteiger partial charge in [0.05, 0.1) is 5.02 Å². The summed E-state index contributed by atoms with van der Waals surface area (Å²) in [4.78, 5) is 15.9. The second-order valence-corrected chi connectivity index (χ2v) is 5.29. The lowest BCUT2D eigenvalue weighted by molar-refractivity contribution is 0.262. The van der Waals surface area contributed by atoms with E-state index in [0.29, 0.717) is 10.8 Å². The van der Waals surface area contributed by atoms with Crippen molar-refractivity contribution in [3.05, 3.63) is 52.7 Å². The van der Waals surface area contributed by atoms with Crippen LogP contribution in [0.4, 0.5) is 16.3 Å². The van der Waals surface area contributed by atoms with E-state index in [2.05, 4.69) is 20.9 Å². The van der Waals surface area contributed by atoms with Crippen LogP contribution in [0.5, 0.6) is 0 Å². The highest BCUT2D eigenvalue weighted by Crippen LogP contribution is 2.19. The van der Waals surface area contributed by atoms with E-state index in [1.807, 2.05) is 18.2 Å². The number of benzene rings is 1. The number of aromatic nitrogens is 1. The zero-order valence-electron chi connectivity index (χ0n) is 11.3. The van der Waals surface area contributed by atoms with Crippen LogP contribution in [0.3, 0.4) is 0 Å². The van der Waals surface area contributed by atoms with Crippen molar-refractivity contribution in [2.45, 2.75) is 13.0 Å². The molecule has 6 heteroatoms. The molecule has 0 saturated heterocycles. The van der Waals surface area contributed by atoms with Gasteiger partial charge in [-0.15, -0.1) is 0 Å². The number of hydrogen-bond donors (Lipinski definition) is 3. The molecule has 0 radical (unpaired) electrons. The topological polar surface area (TPSA) is 66.1 Å². The van der Waals surface area contributed by atoms with Gasteiger partial charge in [-0.05, 0) is 48.4 Å². The normalized spacial score (nSPS) is 13.4. The Hall–Kier alpha value is -2.11. The third-order valence-electron chi connectivity index (χ3n) is 3.32. The number of urea groups is 1. The average molecular weight is 303 g/mol. The van der Waals surface area contributed by atoms with Crippen molar-refractivity contribution in [1.82, 2.24) is 10.3 Å².